The van der Waals surface area contributed by atoms with E-state index in [-0.39, 0.29) is 0 Å². The average molecular weight is 257 g/mol. The van der Waals surface area contributed by atoms with Crippen LogP contribution in [0.1, 0.15) is 38.3 Å². The molecule has 0 radical (unpaired) electrons. The van der Waals surface area contributed by atoms with Crippen molar-refractivity contribution in [2.75, 3.05) is 19.0 Å². The molecule has 0 amide bonds. The molecule has 0 saturated heterocycles. The summed E-state index contributed by atoms with van der Waals surface area (Å²) in [7, 11) is 1.84. The van der Waals surface area contributed by atoms with E-state index in [1.54, 1.807) is 0 Å². The number of nitrogens with one attached hydrogen (secondary N) is 1. The highest BCUT2D eigenvalue weighted by Gasteiger charge is 2.03. The molecule has 1 aromatic heterocycles. The second-order valence-electron chi connectivity index (χ2n) is 3.99. The molecule has 0 aliphatic heterocycles. The van der Waals surface area contributed by atoms with Gasteiger partial charge in [-0.1, -0.05) is 37.8 Å². The highest BCUT2D eigenvalue weighted by atomic mass is 35.5. The molecule has 0 aromatic carbocycles. The Bertz CT molecular complexity index is 331. The van der Waals surface area contributed by atoms with Crippen molar-refractivity contribution in [2.45, 2.75) is 39.2 Å². The lowest BCUT2D eigenvalue weighted by Crippen LogP contribution is -2.01. The van der Waals surface area contributed by atoms with Crippen LogP contribution >= 0.6 is 11.6 Å². The minimum Gasteiger partial charge on any atom is -0.375 e. The number of hydrogen-bond donors (Lipinski definition) is 1. The third kappa shape index (κ3) is 5.37. The van der Waals surface area contributed by atoms with Crippen molar-refractivity contribution in [1.29, 1.82) is 0 Å². The Morgan fingerprint density at radius 1 is 1.29 bits per heavy atom. The number of rotatable bonds is 8. The molecule has 1 N–H and O–H groups in total. The van der Waals surface area contributed by atoms with Crippen molar-refractivity contribution in [3.63, 3.8) is 0 Å². The van der Waals surface area contributed by atoms with E-state index in [9.17, 15) is 0 Å². The number of aromatic nitrogens is 1. The lowest BCUT2D eigenvalue weighted by atomic mass is 10.2. The summed E-state index contributed by atoms with van der Waals surface area (Å²) < 4.78 is 5.57. The number of unbranched alkanes of at least 4 members (excludes halogenated alkanes) is 3. The van der Waals surface area contributed by atoms with Crippen molar-refractivity contribution < 1.29 is 4.74 Å². The fraction of sp³-hybridized carbons (Fsp3) is 0.615. The Labute approximate surface area is 109 Å². The van der Waals surface area contributed by atoms with E-state index in [2.05, 4.69) is 17.2 Å². The SMILES string of the molecule is CCCCCCOCc1nc(NC)ccc1Cl. The number of anilines is 1. The third-order valence-corrected chi connectivity index (χ3v) is 2.90. The fourth-order valence-corrected chi connectivity index (χ4v) is 1.68. The van der Waals surface area contributed by atoms with E-state index in [0.29, 0.717) is 11.6 Å². The van der Waals surface area contributed by atoms with E-state index < -0.39 is 0 Å². The molecule has 0 bridgehead atoms. The zero-order valence-corrected chi connectivity index (χ0v) is 11.4. The van der Waals surface area contributed by atoms with Crippen molar-refractivity contribution in [3.05, 3.63) is 22.8 Å². The van der Waals surface area contributed by atoms with Crippen LogP contribution in [-0.4, -0.2) is 18.6 Å². The van der Waals surface area contributed by atoms with Crippen LogP contribution in [0.15, 0.2) is 12.1 Å². The van der Waals surface area contributed by atoms with Crippen LogP contribution < -0.4 is 5.32 Å². The van der Waals surface area contributed by atoms with Gasteiger partial charge in [-0.2, -0.15) is 0 Å². The first-order valence-electron chi connectivity index (χ1n) is 6.18. The molecule has 0 aliphatic rings. The van der Waals surface area contributed by atoms with E-state index in [4.69, 9.17) is 16.3 Å². The van der Waals surface area contributed by atoms with Gasteiger partial charge in [0.1, 0.15) is 5.82 Å². The molecule has 1 heterocycles. The van der Waals surface area contributed by atoms with Gasteiger partial charge in [0.15, 0.2) is 0 Å². The maximum atomic E-state index is 6.05. The van der Waals surface area contributed by atoms with Gasteiger partial charge in [-0.15, -0.1) is 0 Å². The van der Waals surface area contributed by atoms with Gasteiger partial charge in [-0.05, 0) is 18.6 Å². The van der Waals surface area contributed by atoms with Gasteiger partial charge in [-0.3, -0.25) is 0 Å². The number of hydrogen-bond acceptors (Lipinski definition) is 3. The number of pyridine rings is 1. The summed E-state index contributed by atoms with van der Waals surface area (Å²) >= 11 is 6.05. The molecule has 0 spiro atoms. The summed E-state index contributed by atoms with van der Waals surface area (Å²) in [5.41, 5.74) is 0.800. The highest BCUT2D eigenvalue weighted by Crippen LogP contribution is 2.17. The van der Waals surface area contributed by atoms with Gasteiger partial charge in [0.05, 0.1) is 17.3 Å². The van der Waals surface area contributed by atoms with E-state index in [1.807, 2.05) is 19.2 Å². The van der Waals surface area contributed by atoms with Crippen LogP contribution in [0.4, 0.5) is 5.82 Å². The summed E-state index contributed by atoms with van der Waals surface area (Å²) in [5.74, 6) is 0.819. The first-order chi connectivity index (χ1) is 8.27. The molecule has 0 saturated carbocycles. The topological polar surface area (TPSA) is 34.1 Å². The predicted octanol–water partition coefficient (Wildman–Crippen LogP) is 3.87. The summed E-state index contributed by atoms with van der Waals surface area (Å²) in [5, 5.41) is 3.65. The number of ether oxygens (including phenoxy) is 1. The van der Waals surface area contributed by atoms with Crippen LogP contribution in [-0.2, 0) is 11.3 Å². The second kappa shape index (κ2) is 8.31. The van der Waals surface area contributed by atoms with E-state index in [1.165, 1.54) is 19.3 Å². The standard InChI is InChI=1S/C13H21ClN2O/c1-3-4-5-6-9-17-10-12-11(14)7-8-13(15-2)16-12/h7-8H,3-6,9-10H2,1-2H3,(H,15,16). The van der Waals surface area contributed by atoms with Gasteiger partial charge < -0.3 is 10.1 Å². The van der Waals surface area contributed by atoms with Gasteiger partial charge in [-0.25, -0.2) is 4.98 Å². The lowest BCUT2D eigenvalue weighted by molar-refractivity contribution is 0.114. The molecule has 17 heavy (non-hydrogen) atoms. The molecule has 0 aliphatic carbocycles. The minimum absolute atomic E-state index is 0.487. The molecule has 3 nitrogen and oxygen atoms in total. The van der Waals surface area contributed by atoms with Crippen LogP contribution in [0, 0.1) is 0 Å². The fourth-order valence-electron chi connectivity index (χ4n) is 1.52. The second-order valence-corrected chi connectivity index (χ2v) is 4.40. The zero-order valence-electron chi connectivity index (χ0n) is 10.6. The maximum absolute atomic E-state index is 6.05. The van der Waals surface area contributed by atoms with Gasteiger partial charge in [0, 0.05) is 13.7 Å². The molecular weight excluding hydrogens is 236 g/mol. The molecular formula is C13H21ClN2O. The van der Waals surface area contributed by atoms with Crippen LogP contribution in [0.5, 0.6) is 0 Å². The van der Waals surface area contributed by atoms with Crippen LogP contribution in [0.25, 0.3) is 0 Å². The van der Waals surface area contributed by atoms with Crippen molar-refractivity contribution in [3.8, 4) is 0 Å². The monoisotopic (exact) mass is 256 g/mol. The molecule has 0 unspecified atom stereocenters. The Morgan fingerprint density at radius 3 is 2.82 bits per heavy atom. The summed E-state index contributed by atoms with van der Waals surface area (Å²) in [4.78, 5) is 4.36. The molecule has 96 valence electrons. The Balaban J connectivity index is 2.30. The summed E-state index contributed by atoms with van der Waals surface area (Å²) in [6.45, 7) is 3.47. The quantitative estimate of drug-likeness (QED) is 0.717. The first kappa shape index (κ1) is 14.3. The van der Waals surface area contributed by atoms with Crippen LogP contribution in [0.3, 0.4) is 0 Å². The maximum Gasteiger partial charge on any atom is 0.126 e. The minimum atomic E-state index is 0.487. The summed E-state index contributed by atoms with van der Waals surface area (Å²) in [6.07, 6.45) is 4.86. The lowest BCUT2D eigenvalue weighted by Gasteiger charge is -2.07. The molecule has 4 heteroatoms. The molecule has 1 aromatic rings. The van der Waals surface area contributed by atoms with Crippen molar-refractivity contribution in [2.24, 2.45) is 0 Å². The molecule has 1 rings (SSSR count). The van der Waals surface area contributed by atoms with Gasteiger partial charge >= 0.3 is 0 Å². The van der Waals surface area contributed by atoms with Gasteiger partial charge in [0.2, 0.25) is 0 Å². The number of nitrogens with zero attached hydrogens (tertiary/aromatic N) is 1. The predicted molar refractivity (Wildman–Crippen MR) is 72.6 cm³/mol. The summed E-state index contributed by atoms with van der Waals surface area (Å²) in [6, 6.07) is 3.70. The third-order valence-electron chi connectivity index (χ3n) is 2.56. The van der Waals surface area contributed by atoms with Crippen LogP contribution in [0.2, 0.25) is 5.02 Å². The van der Waals surface area contributed by atoms with Gasteiger partial charge in [0.25, 0.3) is 0 Å². The average Bonchev–Trinajstić information content (AvgIpc) is 2.35. The Morgan fingerprint density at radius 2 is 2.12 bits per heavy atom. The van der Waals surface area contributed by atoms with Crippen molar-refractivity contribution in [1.82, 2.24) is 4.98 Å². The Kier molecular flexibility index (Phi) is 6.97. The Hall–Kier alpha value is -0.800. The van der Waals surface area contributed by atoms with Crippen molar-refractivity contribution >= 4 is 17.4 Å². The van der Waals surface area contributed by atoms with E-state index in [0.717, 1.165) is 24.5 Å². The normalized spacial score (nSPS) is 10.5. The largest absolute Gasteiger partial charge is 0.375 e. The molecule has 0 fully saturated rings. The smallest absolute Gasteiger partial charge is 0.126 e. The molecule has 0 atom stereocenters. The van der Waals surface area contributed by atoms with E-state index >= 15 is 0 Å². The zero-order chi connectivity index (χ0) is 12.5. The first-order valence-corrected chi connectivity index (χ1v) is 6.56. The highest BCUT2D eigenvalue weighted by molar-refractivity contribution is 6.31. The number of halogens is 1.